The van der Waals surface area contributed by atoms with Crippen LogP contribution in [-0.2, 0) is 6.42 Å². The number of methoxy groups -OCH3 is 1. The van der Waals surface area contributed by atoms with Gasteiger partial charge >= 0.3 is 5.97 Å². The Kier molecular flexibility index (Phi) is 5.73. The Morgan fingerprint density at radius 1 is 1.19 bits per heavy atom. The van der Waals surface area contributed by atoms with Gasteiger partial charge in [0.1, 0.15) is 17.3 Å². The lowest BCUT2D eigenvalue weighted by Crippen LogP contribution is -2.08. The molecule has 0 fully saturated rings. The average Bonchev–Trinajstić information content (AvgIpc) is 3.38. The number of anilines is 2. The van der Waals surface area contributed by atoms with Crippen molar-refractivity contribution in [3.63, 3.8) is 0 Å². The number of nitrogens with one attached hydrogen (secondary N) is 1. The zero-order chi connectivity index (χ0) is 22.8. The standard InChI is InChI=1S/C25H25N3O4/c1-5-18-12-17(14-32-18)23-16(3)27-28(22-9-7-6-8-15(22)2)24(23)26-21-11-10-19(31-4)13-20(21)25(29)30/h6-14,26H,5H2,1-4H3,(H,29,30). The Morgan fingerprint density at radius 2 is 1.97 bits per heavy atom. The highest BCUT2D eigenvalue weighted by Crippen LogP contribution is 2.38. The number of aromatic nitrogens is 2. The number of rotatable bonds is 7. The van der Waals surface area contributed by atoms with Crippen molar-refractivity contribution in [3.05, 3.63) is 77.4 Å². The van der Waals surface area contributed by atoms with Gasteiger partial charge in [-0.15, -0.1) is 0 Å². The molecule has 0 bridgehead atoms. The fourth-order valence-corrected chi connectivity index (χ4v) is 3.72. The minimum absolute atomic E-state index is 0.104. The number of benzene rings is 2. The highest BCUT2D eigenvalue weighted by molar-refractivity contribution is 5.96. The van der Waals surface area contributed by atoms with E-state index in [2.05, 4.69) is 5.32 Å². The van der Waals surface area contributed by atoms with E-state index in [1.54, 1.807) is 18.4 Å². The van der Waals surface area contributed by atoms with E-state index in [9.17, 15) is 9.90 Å². The molecule has 32 heavy (non-hydrogen) atoms. The molecule has 4 aromatic rings. The van der Waals surface area contributed by atoms with Crippen LogP contribution in [0.3, 0.4) is 0 Å². The van der Waals surface area contributed by atoms with Gasteiger partial charge in [-0.3, -0.25) is 0 Å². The third-order valence-corrected chi connectivity index (χ3v) is 5.41. The highest BCUT2D eigenvalue weighted by Gasteiger charge is 2.22. The molecule has 164 valence electrons. The molecule has 0 saturated carbocycles. The molecule has 7 nitrogen and oxygen atoms in total. The van der Waals surface area contributed by atoms with Gasteiger partial charge in [0.2, 0.25) is 0 Å². The molecule has 2 aromatic heterocycles. The number of para-hydroxylation sites is 1. The van der Waals surface area contributed by atoms with Crippen molar-refractivity contribution in [2.75, 3.05) is 12.4 Å². The van der Waals surface area contributed by atoms with Gasteiger partial charge in [0.15, 0.2) is 0 Å². The van der Waals surface area contributed by atoms with Crippen molar-refractivity contribution in [2.24, 2.45) is 0 Å². The predicted octanol–water partition coefficient (Wildman–Crippen LogP) is 5.76. The Morgan fingerprint density at radius 3 is 2.62 bits per heavy atom. The van der Waals surface area contributed by atoms with E-state index >= 15 is 0 Å². The lowest BCUT2D eigenvalue weighted by atomic mass is 10.1. The van der Waals surface area contributed by atoms with Gasteiger partial charge in [0, 0.05) is 12.0 Å². The third-order valence-electron chi connectivity index (χ3n) is 5.41. The van der Waals surface area contributed by atoms with Crippen LogP contribution in [0.5, 0.6) is 5.75 Å². The minimum Gasteiger partial charge on any atom is -0.497 e. The number of aryl methyl sites for hydroxylation is 3. The van der Waals surface area contributed by atoms with Gasteiger partial charge in [-0.1, -0.05) is 25.1 Å². The lowest BCUT2D eigenvalue weighted by Gasteiger charge is -2.15. The number of nitrogens with zero attached hydrogens (tertiary/aromatic N) is 2. The number of carboxylic acids is 1. The van der Waals surface area contributed by atoms with E-state index < -0.39 is 5.97 Å². The molecule has 2 heterocycles. The highest BCUT2D eigenvalue weighted by atomic mass is 16.5. The van der Waals surface area contributed by atoms with Crippen LogP contribution in [-0.4, -0.2) is 28.0 Å². The van der Waals surface area contributed by atoms with Crippen LogP contribution < -0.4 is 10.1 Å². The maximum Gasteiger partial charge on any atom is 0.337 e. The van der Waals surface area contributed by atoms with Gasteiger partial charge in [0.25, 0.3) is 0 Å². The number of furan rings is 1. The van der Waals surface area contributed by atoms with Crippen molar-refractivity contribution in [2.45, 2.75) is 27.2 Å². The number of carboxylic acid groups (broad SMARTS) is 1. The van der Waals surface area contributed by atoms with Crippen LogP contribution in [0.1, 0.15) is 34.3 Å². The molecule has 2 aromatic carbocycles. The summed E-state index contributed by atoms with van der Waals surface area (Å²) in [6, 6.07) is 14.8. The van der Waals surface area contributed by atoms with Gasteiger partial charge in [0.05, 0.1) is 41.6 Å². The number of hydrogen-bond acceptors (Lipinski definition) is 5. The maximum atomic E-state index is 12.0. The first kappa shape index (κ1) is 21.2. The van der Waals surface area contributed by atoms with Crippen molar-refractivity contribution < 1.29 is 19.1 Å². The SMILES string of the molecule is CCc1cc(-c2c(C)nn(-c3ccccc3C)c2Nc2ccc(OC)cc2C(=O)O)co1. The van der Waals surface area contributed by atoms with Crippen molar-refractivity contribution in [1.29, 1.82) is 0 Å². The average molecular weight is 431 g/mol. The Labute approximate surface area is 186 Å². The van der Waals surface area contributed by atoms with Gasteiger partial charge in [-0.2, -0.15) is 5.10 Å². The monoisotopic (exact) mass is 431 g/mol. The van der Waals surface area contributed by atoms with Crippen LogP contribution in [0.4, 0.5) is 11.5 Å². The van der Waals surface area contributed by atoms with Crippen LogP contribution in [0, 0.1) is 13.8 Å². The fraction of sp³-hybridized carbons (Fsp3) is 0.200. The van der Waals surface area contributed by atoms with Crippen molar-refractivity contribution in [3.8, 4) is 22.6 Å². The molecular formula is C25H25N3O4. The number of ether oxygens (including phenoxy) is 1. The first-order valence-corrected chi connectivity index (χ1v) is 10.3. The summed E-state index contributed by atoms with van der Waals surface area (Å²) in [6.45, 7) is 5.97. The summed E-state index contributed by atoms with van der Waals surface area (Å²) in [4.78, 5) is 12.0. The van der Waals surface area contributed by atoms with E-state index in [1.807, 2.05) is 55.8 Å². The molecular weight excluding hydrogens is 406 g/mol. The zero-order valence-electron chi connectivity index (χ0n) is 18.5. The van der Waals surface area contributed by atoms with E-state index in [0.717, 1.165) is 40.3 Å². The molecule has 7 heteroatoms. The lowest BCUT2D eigenvalue weighted by molar-refractivity contribution is 0.0697. The first-order chi connectivity index (χ1) is 15.4. The van der Waals surface area contributed by atoms with E-state index in [4.69, 9.17) is 14.3 Å². The first-order valence-electron chi connectivity index (χ1n) is 10.3. The molecule has 0 saturated heterocycles. The Hall–Kier alpha value is -4.00. The predicted molar refractivity (Wildman–Crippen MR) is 123 cm³/mol. The van der Waals surface area contributed by atoms with E-state index in [-0.39, 0.29) is 5.56 Å². The zero-order valence-corrected chi connectivity index (χ0v) is 18.5. The topological polar surface area (TPSA) is 89.5 Å². The third kappa shape index (κ3) is 3.85. The number of hydrogen-bond donors (Lipinski definition) is 2. The van der Waals surface area contributed by atoms with E-state index in [1.165, 1.54) is 13.2 Å². The molecule has 2 N–H and O–H groups in total. The molecule has 0 atom stereocenters. The summed E-state index contributed by atoms with van der Waals surface area (Å²) in [7, 11) is 1.51. The summed E-state index contributed by atoms with van der Waals surface area (Å²) in [5.41, 5.74) is 5.01. The minimum atomic E-state index is -1.05. The second-order valence-corrected chi connectivity index (χ2v) is 7.50. The van der Waals surface area contributed by atoms with Gasteiger partial charge in [-0.25, -0.2) is 9.48 Å². The summed E-state index contributed by atoms with van der Waals surface area (Å²) in [5, 5.41) is 17.9. The molecule has 0 unspecified atom stereocenters. The Bertz CT molecular complexity index is 1290. The summed E-state index contributed by atoms with van der Waals surface area (Å²) >= 11 is 0. The van der Waals surface area contributed by atoms with Crippen molar-refractivity contribution >= 4 is 17.5 Å². The quantitative estimate of drug-likeness (QED) is 0.387. The second kappa shape index (κ2) is 8.63. The van der Waals surface area contributed by atoms with Crippen LogP contribution in [0.15, 0.2) is 59.2 Å². The van der Waals surface area contributed by atoms with Gasteiger partial charge < -0.3 is 19.6 Å². The van der Waals surface area contributed by atoms with Crippen molar-refractivity contribution in [1.82, 2.24) is 9.78 Å². The maximum absolute atomic E-state index is 12.0. The van der Waals surface area contributed by atoms with E-state index in [0.29, 0.717) is 17.3 Å². The number of carbonyl (C=O) groups is 1. The van der Waals surface area contributed by atoms with Crippen LogP contribution in [0.2, 0.25) is 0 Å². The largest absolute Gasteiger partial charge is 0.497 e. The summed E-state index contributed by atoms with van der Waals surface area (Å²) in [6.07, 6.45) is 2.48. The Balaban J connectivity index is 1.93. The molecule has 0 aliphatic heterocycles. The van der Waals surface area contributed by atoms with Gasteiger partial charge in [-0.05, 0) is 49.7 Å². The van der Waals surface area contributed by atoms with Crippen LogP contribution >= 0.6 is 0 Å². The molecule has 0 amide bonds. The number of aromatic carboxylic acids is 1. The smallest absolute Gasteiger partial charge is 0.337 e. The molecule has 0 spiro atoms. The summed E-state index contributed by atoms with van der Waals surface area (Å²) in [5.74, 6) is 0.944. The van der Waals surface area contributed by atoms with Crippen LogP contribution in [0.25, 0.3) is 16.8 Å². The molecule has 0 aliphatic carbocycles. The summed E-state index contributed by atoms with van der Waals surface area (Å²) < 4.78 is 12.7. The molecule has 0 radical (unpaired) electrons. The normalized spacial score (nSPS) is 10.9. The molecule has 0 aliphatic rings. The second-order valence-electron chi connectivity index (χ2n) is 7.50. The molecule has 4 rings (SSSR count). The fourth-order valence-electron chi connectivity index (χ4n) is 3.72.